The molecule has 0 unspecified atom stereocenters. The molecular weight excluding hydrogens is 374 g/mol. The van der Waals surface area contributed by atoms with Gasteiger partial charge in [0.1, 0.15) is 4.60 Å². The Bertz CT molecular complexity index is 800. The van der Waals surface area contributed by atoms with E-state index in [-0.39, 0.29) is 18.4 Å². The topological polar surface area (TPSA) is 75.4 Å². The van der Waals surface area contributed by atoms with Crippen LogP contribution >= 0.6 is 15.9 Å². The number of halogens is 1. The minimum Gasteiger partial charge on any atom is -0.358 e. The summed E-state index contributed by atoms with van der Waals surface area (Å²) in [6.45, 7) is 4.47. The summed E-state index contributed by atoms with van der Waals surface area (Å²) in [5, 5.41) is 6.49. The lowest BCUT2D eigenvalue weighted by molar-refractivity contribution is -0.114. The van der Waals surface area contributed by atoms with Crippen LogP contribution in [0.5, 0.6) is 0 Å². The minimum absolute atomic E-state index is 0.121. The fraction of sp³-hybridized carbons (Fsp3) is 0.235. The highest BCUT2D eigenvalue weighted by Gasteiger charge is 2.21. The summed E-state index contributed by atoms with van der Waals surface area (Å²) >= 11 is 3.19. The molecule has 24 heavy (non-hydrogen) atoms. The monoisotopic (exact) mass is 389 g/mol. The zero-order valence-corrected chi connectivity index (χ0v) is 14.5. The SMILES string of the molecule is C=CC(=O)N1CCCc2cc(C(=O)NCc3cc(Br)no3)ccc21. The average molecular weight is 390 g/mol. The molecule has 0 saturated carbocycles. The molecule has 1 N–H and O–H groups in total. The summed E-state index contributed by atoms with van der Waals surface area (Å²) in [7, 11) is 0. The number of benzene rings is 1. The maximum Gasteiger partial charge on any atom is 0.251 e. The summed E-state index contributed by atoms with van der Waals surface area (Å²) in [5.74, 6) is 0.248. The Labute approximate surface area is 147 Å². The van der Waals surface area contributed by atoms with E-state index in [9.17, 15) is 9.59 Å². The molecule has 0 spiro atoms. The number of aromatic nitrogens is 1. The van der Waals surface area contributed by atoms with Crippen LogP contribution in [0.3, 0.4) is 0 Å². The Morgan fingerprint density at radius 1 is 1.42 bits per heavy atom. The molecular formula is C17H16BrN3O3. The highest BCUT2D eigenvalue weighted by Crippen LogP contribution is 2.28. The standard InChI is InChI=1S/C17H16BrN3O3/c1-2-16(22)21-7-3-4-11-8-12(5-6-14(11)21)17(23)19-10-13-9-15(18)20-24-13/h2,5-6,8-9H,1,3-4,7,10H2,(H,19,23). The Hall–Kier alpha value is -2.41. The molecule has 2 heterocycles. The van der Waals surface area contributed by atoms with Crippen molar-refractivity contribution in [2.24, 2.45) is 0 Å². The number of hydrogen-bond acceptors (Lipinski definition) is 4. The molecule has 2 aromatic rings. The molecule has 3 rings (SSSR count). The van der Waals surface area contributed by atoms with Gasteiger partial charge in [0.25, 0.3) is 5.91 Å². The van der Waals surface area contributed by atoms with E-state index in [2.05, 4.69) is 33.0 Å². The summed E-state index contributed by atoms with van der Waals surface area (Å²) in [5.41, 5.74) is 2.40. The molecule has 6 nitrogen and oxygen atoms in total. The summed E-state index contributed by atoms with van der Waals surface area (Å²) in [6.07, 6.45) is 3.02. The second-order valence-corrected chi connectivity index (χ2v) is 6.25. The van der Waals surface area contributed by atoms with Crippen molar-refractivity contribution in [3.05, 3.63) is 58.4 Å². The normalized spacial score (nSPS) is 13.3. The van der Waals surface area contributed by atoms with Gasteiger partial charge in [-0.2, -0.15) is 0 Å². The van der Waals surface area contributed by atoms with Crippen LogP contribution in [0, 0.1) is 0 Å². The predicted molar refractivity (Wildman–Crippen MR) is 92.7 cm³/mol. The molecule has 1 aliphatic heterocycles. The quantitative estimate of drug-likeness (QED) is 0.815. The number of nitrogens with zero attached hydrogens (tertiary/aromatic N) is 2. The summed E-state index contributed by atoms with van der Waals surface area (Å²) in [6, 6.07) is 7.07. The molecule has 7 heteroatoms. The van der Waals surface area contributed by atoms with Crippen LogP contribution in [-0.4, -0.2) is 23.5 Å². The van der Waals surface area contributed by atoms with E-state index in [1.807, 2.05) is 12.1 Å². The molecule has 124 valence electrons. The van der Waals surface area contributed by atoms with Crippen molar-refractivity contribution >= 4 is 33.4 Å². The Kier molecular flexibility index (Phi) is 4.80. The Balaban J connectivity index is 1.74. The molecule has 0 fully saturated rings. The molecule has 0 radical (unpaired) electrons. The molecule has 1 aromatic heterocycles. The number of aryl methyl sites for hydroxylation is 1. The predicted octanol–water partition coefficient (Wildman–Crippen LogP) is 2.83. The average Bonchev–Trinajstić information content (AvgIpc) is 3.03. The lowest BCUT2D eigenvalue weighted by Gasteiger charge is -2.28. The van der Waals surface area contributed by atoms with E-state index in [0.29, 0.717) is 22.5 Å². The number of anilines is 1. The third-order valence-corrected chi connectivity index (χ3v) is 4.23. The van der Waals surface area contributed by atoms with Crippen LogP contribution in [0.1, 0.15) is 28.1 Å². The zero-order valence-electron chi connectivity index (χ0n) is 12.9. The van der Waals surface area contributed by atoms with Gasteiger partial charge in [-0.15, -0.1) is 0 Å². The Morgan fingerprint density at radius 3 is 2.96 bits per heavy atom. The first-order chi connectivity index (χ1) is 11.6. The maximum atomic E-state index is 12.3. The van der Waals surface area contributed by atoms with Crippen LogP contribution in [0.4, 0.5) is 5.69 Å². The lowest BCUT2D eigenvalue weighted by atomic mass is 9.98. The fourth-order valence-electron chi connectivity index (χ4n) is 2.72. The maximum absolute atomic E-state index is 12.3. The highest BCUT2D eigenvalue weighted by atomic mass is 79.9. The zero-order chi connectivity index (χ0) is 17.1. The first-order valence-corrected chi connectivity index (χ1v) is 8.34. The van der Waals surface area contributed by atoms with E-state index in [4.69, 9.17) is 4.52 Å². The van der Waals surface area contributed by atoms with Gasteiger partial charge in [0, 0.05) is 23.9 Å². The molecule has 1 aliphatic rings. The van der Waals surface area contributed by atoms with Crippen molar-refractivity contribution in [3.8, 4) is 0 Å². The Morgan fingerprint density at radius 2 is 2.25 bits per heavy atom. The van der Waals surface area contributed by atoms with E-state index < -0.39 is 0 Å². The number of nitrogens with one attached hydrogen (secondary N) is 1. The molecule has 0 saturated heterocycles. The van der Waals surface area contributed by atoms with Crippen molar-refractivity contribution in [2.45, 2.75) is 19.4 Å². The van der Waals surface area contributed by atoms with E-state index in [1.165, 1.54) is 6.08 Å². The molecule has 0 aliphatic carbocycles. The van der Waals surface area contributed by atoms with Crippen LogP contribution in [0.2, 0.25) is 0 Å². The smallest absolute Gasteiger partial charge is 0.251 e. The van der Waals surface area contributed by atoms with Gasteiger partial charge < -0.3 is 14.7 Å². The molecule has 0 bridgehead atoms. The van der Waals surface area contributed by atoms with Crippen molar-refractivity contribution in [3.63, 3.8) is 0 Å². The van der Waals surface area contributed by atoms with Gasteiger partial charge in [-0.05, 0) is 58.6 Å². The van der Waals surface area contributed by atoms with Crippen LogP contribution < -0.4 is 10.2 Å². The summed E-state index contributed by atoms with van der Waals surface area (Å²) < 4.78 is 5.62. The first-order valence-electron chi connectivity index (χ1n) is 7.54. The first kappa shape index (κ1) is 16.4. The van der Waals surface area contributed by atoms with E-state index in [0.717, 1.165) is 24.1 Å². The molecule has 0 atom stereocenters. The third kappa shape index (κ3) is 3.41. The third-order valence-electron chi connectivity index (χ3n) is 3.85. The van der Waals surface area contributed by atoms with Gasteiger partial charge >= 0.3 is 0 Å². The van der Waals surface area contributed by atoms with E-state index in [1.54, 1.807) is 17.0 Å². The van der Waals surface area contributed by atoms with Crippen molar-refractivity contribution in [2.75, 3.05) is 11.4 Å². The van der Waals surface area contributed by atoms with E-state index >= 15 is 0 Å². The van der Waals surface area contributed by atoms with Gasteiger partial charge in [-0.3, -0.25) is 9.59 Å². The molecule has 2 amide bonds. The number of fused-ring (bicyclic) bond motifs is 1. The molecule has 1 aromatic carbocycles. The van der Waals surface area contributed by atoms with Crippen molar-refractivity contribution in [1.29, 1.82) is 0 Å². The van der Waals surface area contributed by atoms with Crippen molar-refractivity contribution in [1.82, 2.24) is 10.5 Å². The summed E-state index contributed by atoms with van der Waals surface area (Å²) in [4.78, 5) is 25.9. The second-order valence-electron chi connectivity index (χ2n) is 5.44. The van der Waals surface area contributed by atoms with Gasteiger partial charge in [0.2, 0.25) is 5.91 Å². The van der Waals surface area contributed by atoms with Gasteiger partial charge in [0.15, 0.2) is 5.76 Å². The number of amides is 2. The van der Waals surface area contributed by atoms with Crippen LogP contribution in [-0.2, 0) is 17.8 Å². The highest BCUT2D eigenvalue weighted by molar-refractivity contribution is 9.10. The largest absolute Gasteiger partial charge is 0.358 e. The van der Waals surface area contributed by atoms with Crippen LogP contribution in [0.25, 0.3) is 0 Å². The fourth-order valence-corrected chi connectivity index (χ4v) is 3.05. The number of hydrogen-bond donors (Lipinski definition) is 1. The van der Waals surface area contributed by atoms with Gasteiger partial charge in [-0.1, -0.05) is 11.7 Å². The number of carbonyl (C=O) groups is 2. The van der Waals surface area contributed by atoms with Gasteiger partial charge in [-0.25, -0.2) is 0 Å². The number of carbonyl (C=O) groups excluding carboxylic acids is 2. The lowest BCUT2D eigenvalue weighted by Crippen LogP contribution is -2.34. The number of rotatable bonds is 4. The van der Waals surface area contributed by atoms with Crippen molar-refractivity contribution < 1.29 is 14.1 Å². The van der Waals surface area contributed by atoms with Crippen LogP contribution in [0.15, 0.2) is 46.0 Å². The second kappa shape index (κ2) is 7.00. The minimum atomic E-state index is -0.197. The van der Waals surface area contributed by atoms with Gasteiger partial charge in [0.05, 0.1) is 6.54 Å².